The van der Waals surface area contributed by atoms with Crippen molar-refractivity contribution in [1.82, 2.24) is 19.9 Å². The van der Waals surface area contributed by atoms with Gasteiger partial charge in [-0.2, -0.15) is 0 Å². The van der Waals surface area contributed by atoms with E-state index in [9.17, 15) is 19.2 Å². The zero-order valence-corrected chi connectivity index (χ0v) is 35.9. The fraction of sp³-hybridized carbons (Fsp3) is 0.435. The number of nitrogens with zero attached hydrogens (tertiary/aromatic N) is 4. The van der Waals surface area contributed by atoms with Gasteiger partial charge < -0.3 is 19.4 Å². The van der Waals surface area contributed by atoms with Crippen LogP contribution in [0.1, 0.15) is 169 Å². The molecule has 7 rings (SSSR count). The number of esters is 2. The minimum absolute atomic E-state index is 0. The molecule has 11 heteroatoms. The number of ketones is 2. The molecule has 5 atom stereocenters. The van der Waals surface area contributed by atoms with E-state index in [0.717, 1.165) is 34.5 Å². The van der Waals surface area contributed by atoms with Crippen LogP contribution < -0.4 is 9.97 Å². The van der Waals surface area contributed by atoms with Gasteiger partial charge in [-0.3, -0.25) is 29.1 Å². The predicted molar refractivity (Wildman–Crippen MR) is 214 cm³/mol. The third-order valence-electron chi connectivity index (χ3n) is 12.2. The van der Waals surface area contributed by atoms with Crippen LogP contribution in [0, 0.1) is 13.8 Å². The number of carbonyl (C=O) groups is 4. The summed E-state index contributed by atoms with van der Waals surface area (Å²) >= 11 is 0. The molecule has 0 spiro atoms. The van der Waals surface area contributed by atoms with E-state index < -0.39 is 11.9 Å². The maximum atomic E-state index is 14.7. The van der Waals surface area contributed by atoms with E-state index in [1.54, 1.807) is 6.92 Å². The van der Waals surface area contributed by atoms with Crippen LogP contribution in [-0.4, -0.2) is 40.6 Å². The molecule has 0 saturated heterocycles. The number of hydrogen-bond donors (Lipinski definition) is 0. The van der Waals surface area contributed by atoms with E-state index in [0.29, 0.717) is 62.1 Å². The predicted octanol–water partition coefficient (Wildman–Crippen LogP) is 8.85. The zero-order valence-electron chi connectivity index (χ0n) is 34.3. The number of hydrogen-bond acceptors (Lipinski definition) is 8. The third-order valence-corrected chi connectivity index (χ3v) is 12.2. The molecule has 2 aliphatic heterocycles. The van der Waals surface area contributed by atoms with Crippen molar-refractivity contribution < 1.29 is 49.1 Å². The minimum atomic E-state index is -1.30. The summed E-state index contributed by atoms with van der Waals surface area (Å²) in [5.74, 6) is -3.33. The first kappa shape index (κ1) is 41.9. The van der Waals surface area contributed by atoms with Gasteiger partial charge in [0.25, 0.3) is 0 Å². The molecule has 0 amide bonds. The van der Waals surface area contributed by atoms with Crippen LogP contribution in [0.2, 0.25) is 0 Å². The Morgan fingerprint density at radius 3 is 2.09 bits per heavy atom. The molecule has 0 radical (unpaired) electrons. The molecular formula is C46H50N4O6Pd. The molecule has 300 valence electrons. The van der Waals surface area contributed by atoms with Crippen LogP contribution in [0.3, 0.4) is 0 Å². The van der Waals surface area contributed by atoms with Crippen molar-refractivity contribution in [3.8, 4) is 0 Å². The van der Waals surface area contributed by atoms with Gasteiger partial charge in [0.2, 0.25) is 0 Å². The molecule has 3 aliphatic rings. The topological polar surface area (TPSA) is 141 Å². The standard InChI is InChI=1S/C46H51N4O6.Pd/c1-11-29-22(2)31-20-36-38(26(6)51)24(4)33(48-36)18-32-23(3)30(16-17-37(52)55-10)42(49-32)40-41(44(53)39-25(5)34(50-43(39)40)19-35(29)47-31)45(54)56-21-27-12-14-28(15-13-27)46(7,8)9;/h12-15,18-20,22-23,29-30,41H,11,16-17,21H2,1-10H3,(H-,47,48,49,50,51,53);/q-1;+2/p-1/t22-,23+,29-,30+,41-;/m1./s1. The molecular weight excluding hydrogens is 811 g/mol. The molecule has 10 nitrogen and oxygen atoms in total. The fourth-order valence-electron chi connectivity index (χ4n) is 8.76. The van der Waals surface area contributed by atoms with Crippen molar-refractivity contribution in [1.29, 1.82) is 0 Å². The van der Waals surface area contributed by atoms with Crippen molar-refractivity contribution in [2.75, 3.05) is 7.11 Å². The molecule has 4 aromatic rings. The second-order valence-electron chi connectivity index (χ2n) is 16.7. The number of fused-ring (bicyclic) bond motifs is 8. The normalized spacial score (nSPS) is 20.0. The Bertz CT molecular complexity index is 2460. The first-order valence-corrected chi connectivity index (χ1v) is 19.6. The van der Waals surface area contributed by atoms with Gasteiger partial charge in [0.15, 0.2) is 11.6 Å². The first-order valence-electron chi connectivity index (χ1n) is 19.6. The Morgan fingerprint density at radius 1 is 0.842 bits per heavy atom. The monoisotopic (exact) mass is 860 g/mol. The smallest absolute Gasteiger partial charge is 0.657 e. The van der Waals surface area contributed by atoms with Crippen molar-refractivity contribution in [2.24, 2.45) is 0 Å². The summed E-state index contributed by atoms with van der Waals surface area (Å²) in [4.78, 5) is 75.0. The molecule has 0 unspecified atom stereocenters. The Morgan fingerprint density at radius 2 is 1.46 bits per heavy atom. The SMILES string of the molecule is CC[C@H]1c2cc3[n-]c4c(c3C)C(=O)[C@H](C(=O)OCc3ccc(C(C)(C)C)cc3)c4c3nc(cc4[n-]c(cc(n2)[C@@H]1C)c(C(C)=O)c4C)[C@@H](C)[C@@H]3CCC(=O)OC.[Pd+2]. The Labute approximate surface area is 347 Å². The van der Waals surface area contributed by atoms with Crippen LogP contribution in [0.5, 0.6) is 0 Å². The first-order chi connectivity index (χ1) is 26.5. The number of aromatic nitrogens is 4. The summed E-state index contributed by atoms with van der Waals surface area (Å²) in [5, 5.41) is 0. The van der Waals surface area contributed by atoms with E-state index >= 15 is 0 Å². The quantitative estimate of drug-likeness (QED) is 0.0731. The number of methoxy groups -OCH3 is 1. The Kier molecular flexibility index (Phi) is 11.7. The summed E-state index contributed by atoms with van der Waals surface area (Å²) in [6, 6.07) is 13.7. The van der Waals surface area contributed by atoms with Gasteiger partial charge in [-0.15, -0.1) is 22.1 Å². The van der Waals surface area contributed by atoms with Gasteiger partial charge in [-0.25, -0.2) is 0 Å². The van der Waals surface area contributed by atoms with Crippen molar-refractivity contribution in [2.45, 2.75) is 123 Å². The molecule has 0 fully saturated rings. The van der Waals surface area contributed by atoms with Gasteiger partial charge in [-0.1, -0.05) is 95.1 Å². The van der Waals surface area contributed by atoms with Crippen molar-refractivity contribution in [3.05, 3.63) is 104 Å². The maximum Gasteiger partial charge on any atom is 2.00 e. The second-order valence-corrected chi connectivity index (χ2v) is 16.7. The second kappa shape index (κ2) is 15.9. The molecule has 1 aliphatic carbocycles. The van der Waals surface area contributed by atoms with E-state index in [1.165, 1.54) is 7.11 Å². The number of ether oxygens (including phenoxy) is 2. The van der Waals surface area contributed by atoms with Crippen LogP contribution in [-0.2, 0) is 51.5 Å². The van der Waals surface area contributed by atoms with E-state index in [4.69, 9.17) is 29.4 Å². The largest absolute Gasteiger partial charge is 2.00 e. The molecule has 0 saturated carbocycles. The fourth-order valence-corrected chi connectivity index (χ4v) is 8.76. The van der Waals surface area contributed by atoms with Crippen LogP contribution >= 0.6 is 0 Å². The number of carbonyl (C=O) groups excluding carboxylic acids is 4. The zero-order chi connectivity index (χ0) is 40.4. The minimum Gasteiger partial charge on any atom is -0.657 e. The van der Waals surface area contributed by atoms with Crippen molar-refractivity contribution in [3.63, 3.8) is 0 Å². The Balaban J connectivity index is 0.00000549. The maximum absolute atomic E-state index is 14.7. The van der Waals surface area contributed by atoms with Crippen molar-refractivity contribution >= 4 is 45.6 Å². The van der Waals surface area contributed by atoms with Gasteiger partial charge in [-0.05, 0) is 55.7 Å². The number of aryl methyl sites for hydroxylation is 2. The molecule has 1 aromatic carbocycles. The summed E-state index contributed by atoms with van der Waals surface area (Å²) in [6.45, 7) is 18.0. The Hall–Kier alpha value is -4.72. The van der Waals surface area contributed by atoms with E-state index in [2.05, 4.69) is 34.6 Å². The van der Waals surface area contributed by atoms with Gasteiger partial charge >= 0.3 is 32.4 Å². The van der Waals surface area contributed by atoms with E-state index in [-0.39, 0.29) is 80.1 Å². The number of rotatable bonds is 8. The summed E-state index contributed by atoms with van der Waals surface area (Å²) in [5.41, 5.74) is 9.66. The summed E-state index contributed by atoms with van der Waals surface area (Å²) < 4.78 is 11.0. The molecule has 3 aromatic heterocycles. The summed E-state index contributed by atoms with van der Waals surface area (Å²) in [6.07, 6.45) is 1.28. The molecule has 57 heavy (non-hydrogen) atoms. The average Bonchev–Trinajstić information content (AvgIpc) is 3.90. The van der Waals surface area contributed by atoms with Gasteiger partial charge in [0.05, 0.1) is 7.11 Å². The molecule has 8 bridgehead atoms. The molecule has 0 N–H and O–H groups in total. The summed E-state index contributed by atoms with van der Waals surface area (Å²) in [7, 11) is 1.35. The van der Waals surface area contributed by atoms with Crippen LogP contribution in [0.4, 0.5) is 0 Å². The van der Waals surface area contributed by atoms with E-state index in [1.807, 2.05) is 63.2 Å². The van der Waals surface area contributed by atoms with Gasteiger partial charge in [0.1, 0.15) is 12.5 Å². The number of benzene rings is 1. The number of Topliss-reactive ketones (excluding diaryl/α,β-unsaturated/α-hetero) is 2. The molecule has 5 heterocycles. The van der Waals surface area contributed by atoms with Gasteiger partial charge in [0, 0.05) is 64.0 Å². The van der Waals surface area contributed by atoms with Crippen LogP contribution in [0.15, 0.2) is 42.5 Å². The van der Waals surface area contributed by atoms with Crippen LogP contribution in [0.25, 0.3) is 22.1 Å². The average molecular weight is 861 g/mol. The third kappa shape index (κ3) is 7.45.